The third kappa shape index (κ3) is 5.39. The summed E-state index contributed by atoms with van der Waals surface area (Å²) >= 11 is 0. The minimum Gasteiger partial charge on any atom is -0.399 e. The van der Waals surface area contributed by atoms with Gasteiger partial charge in [-0.05, 0) is 89.9 Å². The highest BCUT2D eigenvalue weighted by molar-refractivity contribution is 5.86. The number of hydrogen-bond donors (Lipinski definition) is 0. The summed E-state index contributed by atoms with van der Waals surface area (Å²) in [7, 11) is 0. The van der Waals surface area contributed by atoms with Crippen LogP contribution in [0.3, 0.4) is 0 Å². The average Bonchev–Trinajstić information content (AvgIpc) is 2.78. The Bertz CT molecular complexity index is 1290. The lowest BCUT2D eigenvalue weighted by molar-refractivity contribution is -0.276. The maximum absolute atomic E-state index is 14.9. The molecule has 1 nitrogen and oxygen atoms in total. The molecule has 0 N–H and O–H groups in total. The minimum atomic E-state index is -5.31. The molecule has 0 amide bonds. The number of ether oxygens (including phenoxy) is 1. The minimum absolute atomic E-state index is 0.185. The number of unbranched alkanes of at least 4 members (excludes halogenated alkanes) is 1. The van der Waals surface area contributed by atoms with E-state index in [0.29, 0.717) is 40.8 Å². The number of alkyl halides is 3. The van der Waals surface area contributed by atoms with Gasteiger partial charge < -0.3 is 4.74 Å². The summed E-state index contributed by atoms with van der Waals surface area (Å²) in [5.74, 6) is -7.25. The second kappa shape index (κ2) is 9.95. The Morgan fingerprint density at radius 2 is 1.42 bits per heavy atom. The molecule has 190 valence electrons. The summed E-state index contributed by atoms with van der Waals surface area (Å²) in [5, 5.41) is 0. The van der Waals surface area contributed by atoms with Crippen molar-refractivity contribution in [3.8, 4) is 16.9 Å². The van der Waals surface area contributed by atoms with Crippen LogP contribution in [0.5, 0.6) is 5.75 Å². The summed E-state index contributed by atoms with van der Waals surface area (Å²) in [5.41, 5.74) is 1.03. The zero-order chi connectivity index (χ0) is 26.2. The van der Waals surface area contributed by atoms with E-state index in [1.165, 1.54) is 24.3 Å². The summed E-state index contributed by atoms with van der Waals surface area (Å²) in [6, 6.07) is 6.06. The fraction of sp³-hybridized carbons (Fsp3) is 0.259. The lowest BCUT2D eigenvalue weighted by Gasteiger charge is -2.20. The van der Waals surface area contributed by atoms with Crippen molar-refractivity contribution in [2.75, 3.05) is 0 Å². The van der Waals surface area contributed by atoms with Crippen LogP contribution >= 0.6 is 0 Å². The van der Waals surface area contributed by atoms with E-state index in [1.807, 2.05) is 6.92 Å². The predicted molar refractivity (Wildman–Crippen MR) is 120 cm³/mol. The van der Waals surface area contributed by atoms with Gasteiger partial charge in [-0.2, -0.15) is 0 Å². The van der Waals surface area contributed by atoms with Crippen molar-refractivity contribution in [1.82, 2.24) is 0 Å². The number of benzene rings is 3. The van der Waals surface area contributed by atoms with Crippen LogP contribution in [0, 0.1) is 29.1 Å². The Morgan fingerprint density at radius 3 is 2.00 bits per heavy atom. The Balaban J connectivity index is 1.69. The highest BCUT2D eigenvalue weighted by Crippen LogP contribution is 2.38. The quantitative estimate of drug-likeness (QED) is 0.300. The summed E-state index contributed by atoms with van der Waals surface area (Å²) in [6.07, 6.45) is -1.15. The molecular weight excluding hydrogens is 492 g/mol. The maximum atomic E-state index is 14.9. The highest BCUT2D eigenvalue weighted by atomic mass is 19.4. The molecule has 1 aliphatic carbocycles. The number of allylic oxidation sites excluding steroid dienone is 1. The van der Waals surface area contributed by atoms with Gasteiger partial charge in [0.15, 0.2) is 11.6 Å². The molecule has 0 saturated carbocycles. The van der Waals surface area contributed by atoms with Gasteiger partial charge >= 0.3 is 6.36 Å². The van der Waals surface area contributed by atoms with E-state index in [2.05, 4.69) is 4.74 Å². The molecule has 3 aromatic rings. The van der Waals surface area contributed by atoms with Crippen molar-refractivity contribution in [3.63, 3.8) is 0 Å². The van der Waals surface area contributed by atoms with E-state index in [-0.39, 0.29) is 29.5 Å². The van der Waals surface area contributed by atoms with E-state index in [1.54, 1.807) is 0 Å². The van der Waals surface area contributed by atoms with Crippen molar-refractivity contribution in [2.45, 2.75) is 45.4 Å². The largest absolute Gasteiger partial charge is 0.573 e. The predicted octanol–water partition coefficient (Wildman–Crippen LogP) is 8.78. The zero-order valence-corrected chi connectivity index (χ0v) is 19.0. The Morgan fingerprint density at radius 1 is 0.778 bits per heavy atom. The third-order valence-electron chi connectivity index (χ3n) is 5.99. The monoisotopic (exact) mass is 512 g/mol. The number of hydrogen-bond acceptors (Lipinski definition) is 1. The maximum Gasteiger partial charge on any atom is 0.573 e. The lowest BCUT2D eigenvalue weighted by atomic mass is 9.86. The SMILES string of the molecule is CCCCc1cc(F)c(C2=Cc3cc(F)c(-c4cc(F)c(OC(F)(F)F)c(F)c4)cc3CC2)c(F)c1. The van der Waals surface area contributed by atoms with Gasteiger partial charge in [0.2, 0.25) is 5.75 Å². The number of aryl methyl sites for hydroxylation is 2. The first-order valence-electron chi connectivity index (χ1n) is 11.2. The van der Waals surface area contributed by atoms with Crippen LogP contribution in [-0.2, 0) is 12.8 Å². The van der Waals surface area contributed by atoms with E-state index in [9.17, 15) is 35.1 Å². The van der Waals surface area contributed by atoms with Gasteiger partial charge in [-0.3, -0.25) is 0 Å². The fourth-order valence-corrected chi connectivity index (χ4v) is 4.32. The number of halogens is 8. The van der Waals surface area contributed by atoms with Crippen molar-refractivity contribution in [1.29, 1.82) is 0 Å². The average molecular weight is 512 g/mol. The van der Waals surface area contributed by atoms with Crippen molar-refractivity contribution < 1.29 is 39.9 Å². The van der Waals surface area contributed by atoms with E-state index >= 15 is 0 Å². The Labute approximate surface area is 202 Å². The molecule has 4 rings (SSSR count). The standard InChI is InChI=1S/C27H20F8O/c1-2-3-4-14-7-21(29)25(22(30)8-14)16-6-5-15-10-19(20(28)11-17(15)9-16)18-12-23(31)26(24(32)13-18)36-27(33,34)35/h7-13H,2-6H2,1H3. The molecule has 0 heterocycles. The van der Waals surface area contributed by atoms with Gasteiger partial charge in [0.25, 0.3) is 0 Å². The molecule has 0 unspecified atom stereocenters. The Kier molecular flexibility index (Phi) is 7.11. The van der Waals surface area contributed by atoms with Crippen molar-refractivity contribution in [2.24, 2.45) is 0 Å². The highest BCUT2D eigenvalue weighted by Gasteiger charge is 2.34. The van der Waals surface area contributed by atoms with Crippen molar-refractivity contribution in [3.05, 3.63) is 87.7 Å². The van der Waals surface area contributed by atoms with Gasteiger partial charge in [-0.15, -0.1) is 13.2 Å². The van der Waals surface area contributed by atoms with Crippen LogP contribution in [0.15, 0.2) is 36.4 Å². The van der Waals surface area contributed by atoms with Crippen LogP contribution in [-0.4, -0.2) is 6.36 Å². The third-order valence-corrected chi connectivity index (χ3v) is 5.99. The first kappa shape index (κ1) is 25.7. The molecule has 0 radical (unpaired) electrons. The number of rotatable bonds is 6. The van der Waals surface area contributed by atoms with E-state index in [0.717, 1.165) is 18.9 Å². The second-order valence-corrected chi connectivity index (χ2v) is 8.56. The molecule has 1 aliphatic rings. The first-order valence-corrected chi connectivity index (χ1v) is 11.2. The van der Waals surface area contributed by atoms with Gasteiger partial charge in [-0.1, -0.05) is 19.4 Å². The van der Waals surface area contributed by atoms with E-state index < -0.39 is 41.2 Å². The molecule has 0 aromatic heterocycles. The molecular formula is C27H20F8O. The normalized spacial score (nSPS) is 13.4. The molecule has 0 fully saturated rings. The molecule has 0 saturated heterocycles. The van der Waals surface area contributed by atoms with Crippen LogP contribution in [0.4, 0.5) is 35.1 Å². The van der Waals surface area contributed by atoms with Gasteiger partial charge in [0, 0.05) is 11.1 Å². The second-order valence-electron chi connectivity index (χ2n) is 8.56. The lowest BCUT2D eigenvalue weighted by Crippen LogP contribution is -2.19. The molecule has 0 atom stereocenters. The van der Waals surface area contributed by atoms with Crippen LogP contribution in [0.1, 0.15) is 48.4 Å². The van der Waals surface area contributed by atoms with Crippen LogP contribution < -0.4 is 4.74 Å². The zero-order valence-electron chi connectivity index (χ0n) is 19.0. The molecule has 0 bridgehead atoms. The Hall–Kier alpha value is -3.36. The topological polar surface area (TPSA) is 9.23 Å². The number of fused-ring (bicyclic) bond motifs is 1. The van der Waals surface area contributed by atoms with Crippen molar-refractivity contribution >= 4 is 11.6 Å². The van der Waals surface area contributed by atoms with Gasteiger partial charge in [-0.25, -0.2) is 22.0 Å². The molecule has 3 aromatic carbocycles. The first-order chi connectivity index (χ1) is 17.0. The van der Waals surface area contributed by atoms with Crippen LogP contribution in [0.2, 0.25) is 0 Å². The molecule has 0 spiro atoms. The van der Waals surface area contributed by atoms with Crippen LogP contribution in [0.25, 0.3) is 22.8 Å². The molecule has 0 aliphatic heterocycles. The summed E-state index contributed by atoms with van der Waals surface area (Å²) in [4.78, 5) is 0. The van der Waals surface area contributed by atoms with Gasteiger partial charge in [0.05, 0.1) is 0 Å². The fourth-order valence-electron chi connectivity index (χ4n) is 4.32. The summed E-state index contributed by atoms with van der Waals surface area (Å²) < 4.78 is 113. The van der Waals surface area contributed by atoms with E-state index in [4.69, 9.17) is 0 Å². The van der Waals surface area contributed by atoms with Gasteiger partial charge in [0.1, 0.15) is 17.5 Å². The molecule has 9 heteroatoms. The molecule has 36 heavy (non-hydrogen) atoms. The summed E-state index contributed by atoms with van der Waals surface area (Å²) in [6.45, 7) is 1.97. The smallest absolute Gasteiger partial charge is 0.399 e.